The van der Waals surface area contributed by atoms with Gasteiger partial charge < -0.3 is 19.2 Å². The number of ether oxygens (including phenoxy) is 3. The minimum atomic E-state index is -0.422. The fraction of sp³-hybridized carbons (Fsp3) is 0.250. The van der Waals surface area contributed by atoms with Crippen molar-refractivity contribution in [1.82, 2.24) is 9.88 Å². The van der Waals surface area contributed by atoms with E-state index in [1.807, 2.05) is 42.5 Å². The van der Waals surface area contributed by atoms with Crippen LogP contribution in [0.25, 0.3) is 10.9 Å². The van der Waals surface area contributed by atoms with Crippen LogP contribution >= 0.6 is 23.2 Å². The zero-order valence-electron chi connectivity index (χ0n) is 19.4. The molecule has 6 nitrogen and oxygen atoms in total. The molecule has 0 saturated carbocycles. The number of carbonyl (C=O) groups excluding carboxylic acids is 1. The van der Waals surface area contributed by atoms with Crippen molar-refractivity contribution in [2.45, 2.75) is 25.0 Å². The lowest BCUT2D eigenvalue weighted by Crippen LogP contribution is -2.42. The van der Waals surface area contributed by atoms with Crippen LogP contribution in [0.4, 0.5) is 4.79 Å². The number of nitrogens with one attached hydrogen (secondary N) is 1. The van der Waals surface area contributed by atoms with Crippen LogP contribution in [-0.4, -0.2) is 41.8 Å². The van der Waals surface area contributed by atoms with Crippen molar-refractivity contribution in [3.63, 3.8) is 0 Å². The molecule has 1 unspecified atom stereocenters. The molecule has 0 bridgehead atoms. The van der Waals surface area contributed by atoms with Gasteiger partial charge in [0.2, 0.25) is 0 Å². The van der Waals surface area contributed by atoms with Crippen molar-refractivity contribution in [3.05, 3.63) is 93.6 Å². The second-order valence-corrected chi connectivity index (χ2v) is 9.91. The second-order valence-electron chi connectivity index (χ2n) is 9.04. The summed E-state index contributed by atoms with van der Waals surface area (Å²) in [6.45, 7) is 1.94. The predicted octanol–water partition coefficient (Wildman–Crippen LogP) is 6.79. The maximum absolute atomic E-state index is 13.4. The van der Waals surface area contributed by atoms with Crippen LogP contribution in [0, 0.1) is 0 Å². The Bertz CT molecular complexity index is 1400. The highest BCUT2D eigenvalue weighted by Gasteiger charge is 2.35. The summed E-state index contributed by atoms with van der Waals surface area (Å²) in [4.78, 5) is 18.7. The summed E-state index contributed by atoms with van der Waals surface area (Å²) in [5.74, 6) is 1.23. The van der Waals surface area contributed by atoms with Crippen molar-refractivity contribution >= 4 is 40.2 Å². The molecule has 6 rings (SSSR count). The number of hydrogen-bond acceptors (Lipinski definition) is 4. The molecule has 3 heterocycles. The molecule has 0 radical (unpaired) electrons. The number of benzene rings is 3. The first-order chi connectivity index (χ1) is 17.5. The standard InChI is InChI=1S/C28H24Cl2N2O4/c29-18-3-8-21(9-4-18)36-28(33)32-13-11-23-24-15-19(30)5-10-25(24)31-26(23)27(32)17-1-6-20(7-2-17)34-14-12-22-16-35-22/h1-10,15,22,27,31H,11-14,16H2/t22?,27-/m0/s1. The summed E-state index contributed by atoms with van der Waals surface area (Å²) in [7, 11) is 0. The Kier molecular flexibility index (Phi) is 6.25. The number of fused-ring (bicyclic) bond motifs is 3. The van der Waals surface area contributed by atoms with E-state index in [4.69, 9.17) is 37.4 Å². The van der Waals surface area contributed by atoms with Crippen LogP contribution in [-0.2, 0) is 11.2 Å². The summed E-state index contributed by atoms with van der Waals surface area (Å²) >= 11 is 12.3. The minimum Gasteiger partial charge on any atom is -0.493 e. The van der Waals surface area contributed by atoms with Gasteiger partial charge in [0.05, 0.1) is 19.3 Å². The molecule has 0 spiro atoms. The average Bonchev–Trinajstić information content (AvgIpc) is 3.64. The molecule has 0 aliphatic carbocycles. The fourth-order valence-corrected chi connectivity index (χ4v) is 5.05. The van der Waals surface area contributed by atoms with E-state index in [2.05, 4.69) is 4.98 Å². The van der Waals surface area contributed by atoms with E-state index in [1.54, 1.807) is 29.2 Å². The molecule has 36 heavy (non-hydrogen) atoms. The molecule has 2 aliphatic heterocycles. The largest absolute Gasteiger partial charge is 0.493 e. The summed E-state index contributed by atoms with van der Waals surface area (Å²) < 4.78 is 16.9. The Morgan fingerprint density at radius 1 is 1.00 bits per heavy atom. The van der Waals surface area contributed by atoms with Crippen molar-refractivity contribution in [2.24, 2.45) is 0 Å². The molecule has 1 saturated heterocycles. The fourth-order valence-electron chi connectivity index (χ4n) is 4.76. The Labute approximate surface area is 218 Å². The molecule has 8 heteroatoms. The molecule has 184 valence electrons. The van der Waals surface area contributed by atoms with Gasteiger partial charge in [0.25, 0.3) is 0 Å². The number of aromatic amines is 1. The third-order valence-corrected chi connectivity index (χ3v) is 7.14. The van der Waals surface area contributed by atoms with Crippen molar-refractivity contribution < 1.29 is 19.0 Å². The van der Waals surface area contributed by atoms with Crippen LogP contribution in [0.1, 0.15) is 29.3 Å². The van der Waals surface area contributed by atoms with Crippen LogP contribution < -0.4 is 9.47 Å². The molecular weight excluding hydrogens is 499 g/mol. The molecule has 1 aromatic heterocycles. The van der Waals surface area contributed by atoms with E-state index in [1.165, 1.54) is 0 Å². The maximum Gasteiger partial charge on any atom is 0.416 e. The Hall–Kier alpha value is -3.19. The number of epoxide rings is 1. The molecule has 1 amide bonds. The number of carbonyl (C=O) groups is 1. The van der Waals surface area contributed by atoms with Gasteiger partial charge in [-0.15, -0.1) is 0 Å². The zero-order valence-corrected chi connectivity index (χ0v) is 20.9. The van der Waals surface area contributed by atoms with Crippen LogP contribution in [0.15, 0.2) is 66.7 Å². The Morgan fingerprint density at radius 3 is 2.47 bits per heavy atom. The first kappa shape index (κ1) is 23.2. The van der Waals surface area contributed by atoms with Crippen LogP contribution in [0.2, 0.25) is 10.0 Å². The molecular formula is C28H24Cl2N2O4. The maximum atomic E-state index is 13.4. The van der Waals surface area contributed by atoms with Gasteiger partial charge in [-0.1, -0.05) is 35.3 Å². The summed E-state index contributed by atoms with van der Waals surface area (Å²) in [6, 6.07) is 20.1. The molecule has 3 aromatic carbocycles. The topological polar surface area (TPSA) is 67.1 Å². The van der Waals surface area contributed by atoms with Crippen molar-refractivity contribution in [3.8, 4) is 11.5 Å². The minimum absolute atomic E-state index is 0.334. The third-order valence-electron chi connectivity index (χ3n) is 6.65. The monoisotopic (exact) mass is 522 g/mol. The van der Waals surface area contributed by atoms with Crippen molar-refractivity contribution in [1.29, 1.82) is 0 Å². The Morgan fingerprint density at radius 2 is 1.72 bits per heavy atom. The van der Waals surface area contributed by atoms with E-state index in [0.717, 1.165) is 46.5 Å². The summed E-state index contributed by atoms with van der Waals surface area (Å²) in [6.07, 6.45) is 1.48. The lowest BCUT2D eigenvalue weighted by Gasteiger charge is -2.35. The molecule has 1 N–H and O–H groups in total. The molecule has 2 aliphatic rings. The number of amides is 1. The van der Waals surface area contributed by atoms with Gasteiger partial charge in [0.15, 0.2) is 0 Å². The lowest BCUT2D eigenvalue weighted by molar-refractivity contribution is 0.135. The zero-order chi connectivity index (χ0) is 24.6. The van der Waals surface area contributed by atoms with E-state index in [-0.39, 0.29) is 6.04 Å². The van der Waals surface area contributed by atoms with E-state index in [0.29, 0.717) is 41.5 Å². The highest BCUT2D eigenvalue weighted by atomic mass is 35.5. The van der Waals surface area contributed by atoms with Gasteiger partial charge in [-0.2, -0.15) is 0 Å². The lowest BCUT2D eigenvalue weighted by atomic mass is 9.92. The number of rotatable bonds is 6. The number of H-pyrrole nitrogens is 1. The normalized spacial score (nSPS) is 18.7. The van der Waals surface area contributed by atoms with Gasteiger partial charge in [0, 0.05) is 39.6 Å². The number of hydrogen-bond donors (Lipinski definition) is 1. The highest BCUT2D eigenvalue weighted by molar-refractivity contribution is 6.31. The third kappa shape index (κ3) is 4.76. The molecule has 2 atom stereocenters. The van der Waals surface area contributed by atoms with Crippen LogP contribution in [0.3, 0.4) is 0 Å². The number of nitrogens with zero attached hydrogens (tertiary/aromatic N) is 1. The summed E-state index contributed by atoms with van der Waals surface area (Å²) in [5, 5.41) is 2.35. The highest BCUT2D eigenvalue weighted by Crippen LogP contribution is 2.40. The van der Waals surface area contributed by atoms with Gasteiger partial charge in [-0.05, 0) is 72.1 Å². The molecule has 4 aromatic rings. The smallest absolute Gasteiger partial charge is 0.416 e. The van der Waals surface area contributed by atoms with Gasteiger partial charge in [-0.25, -0.2) is 4.79 Å². The second kappa shape index (κ2) is 9.69. The quantitative estimate of drug-likeness (QED) is 0.283. The van der Waals surface area contributed by atoms with Gasteiger partial charge in [0.1, 0.15) is 17.5 Å². The first-order valence-electron chi connectivity index (χ1n) is 11.9. The summed E-state index contributed by atoms with van der Waals surface area (Å²) in [5.41, 5.74) is 4.08. The van der Waals surface area contributed by atoms with Gasteiger partial charge in [-0.3, -0.25) is 4.90 Å². The SMILES string of the molecule is O=C(Oc1ccc(Cl)cc1)N1CCc2c([nH]c3ccc(Cl)cc23)[C@@H]1c1ccc(OCCC2CO2)cc1. The number of aromatic nitrogens is 1. The predicted molar refractivity (Wildman–Crippen MR) is 139 cm³/mol. The molecule has 1 fully saturated rings. The number of halogens is 2. The first-order valence-corrected chi connectivity index (χ1v) is 12.7. The van der Waals surface area contributed by atoms with E-state index < -0.39 is 6.09 Å². The van der Waals surface area contributed by atoms with E-state index >= 15 is 0 Å². The van der Waals surface area contributed by atoms with Crippen molar-refractivity contribution in [2.75, 3.05) is 19.8 Å². The van der Waals surface area contributed by atoms with Crippen LogP contribution in [0.5, 0.6) is 11.5 Å². The Balaban J connectivity index is 1.32. The van der Waals surface area contributed by atoms with Gasteiger partial charge >= 0.3 is 6.09 Å². The van der Waals surface area contributed by atoms with E-state index in [9.17, 15) is 4.79 Å². The average molecular weight is 523 g/mol.